The maximum absolute atomic E-state index is 12.5. The van der Waals surface area contributed by atoms with Gasteiger partial charge in [-0.2, -0.15) is 4.90 Å². The molecule has 6 nitrogen and oxygen atoms in total. The summed E-state index contributed by atoms with van der Waals surface area (Å²) in [5.74, 6) is 0. The van der Waals surface area contributed by atoms with E-state index < -0.39 is 23.4 Å². The first-order valence-electron chi connectivity index (χ1n) is 7.12. The third-order valence-electron chi connectivity index (χ3n) is 2.42. The summed E-state index contributed by atoms with van der Waals surface area (Å²) in [7, 11) is 0. The first-order valence-corrected chi connectivity index (χ1v) is 7.50. The van der Waals surface area contributed by atoms with Gasteiger partial charge in [0.15, 0.2) is 0 Å². The Labute approximate surface area is 141 Å². The first-order chi connectivity index (χ1) is 10.3. The summed E-state index contributed by atoms with van der Waals surface area (Å²) in [4.78, 5) is 25.7. The Bertz CT molecular complexity index is 575. The molecular weight excluding hydrogens is 320 g/mol. The van der Waals surface area contributed by atoms with Crippen LogP contribution in [0.3, 0.4) is 0 Å². The van der Waals surface area contributed by atoms with E-state index in [4.69, 9.17) is 26.8 Å². The standard InChI is InChI=1S/C16H23ClN2O4/c1-15(2,3)22-13(20)19(14(21)23-16(4,5)6)11-9-7-8-10(17)12(11)18/h7-9H,18H2,1-6H3. The number of carbonyl (C=O) groups is 2. The molecule has 0 bridgehead atoms. The van der Waals surface area contributed by atoms with Crippen LogP contribution in [0.4, 0.5) is 21.0 Å². The van der Waals surface area contributed by atoms with Crippen LogP contribution in [0.2, 0.25) is 5.02 Å². The van der Waals surface area contributed by atoms with E-state index in [1.54, 1.807) is 53.7 Å². The van der Waals surface area contributed by atoms with Gasteiger partial charge in [0.05, 0.1) is 16.4 Å². The molecular formula is C16H23ClN2O4. The second kappa shape index (κ2) is 6.66. The van der Waals surface area contributed by atoms with Crippen LogP contribution in [0, 0.1) is 0 Å². The Hall–Kier alpha value is -1.95. The molecule has 0 fully saturated rings. The highest BCUT2D eigenvalue weighted by atomic mass is 35.5. The van der Waals surface area contributed by atoms with E-state index in [0.717, 1.165) is 4.90 Å². The maximum atomic E-state index is 12.5. The van der Waals surface area contributed by atoms with Gasteiger partial charge >= 0.3 is 12.2 Å². The fourth-order valence-corrected chi connectivity index (χ4v) is 1.78. The summed E-state index contributed by atoms with van der Waals surface area (Å²) in [5, 5.41) is 0.222. The molecule has 0 unspecified atom stereocenters. The second-order valence-electron chi connectivity index (χ2n) is 6.97. The molecule has 1 aromatic rings. The number of nitrogens with zero attached hydrogens (tertiary/aromatic N) is 1. The van der Waals surface area contributed by atoms with E-state index in [-0.39, 0.29) is 16.4 Å². The van der Waals surface area contributed by atoms with Crippen molar-refractivity contribution in [2.45, 2.75) is 52.7 Å². The molecule has 2 N–H and O–H groups in total. The summed E-state index contributed by atoms with van der Waals surface area (Å²) in [6, 6.07) is 4.63. The molecule has 1 aromatic carbocycles. The minimum Gasteiger partial charge on any atom is -0.443 e. The minimum atomic E-state index is -0.888. The average molecular weight is 343 g/mol. The highest BCUT2D eigenvalue weighted by Gasteiger charge is 2.34. The van der Waals surface area contributed by atoms with E-state index in [9.17, 15) is 9.59 Å². The van der Waals surface area contributed by atoms with Crippen molar-refractivity contribution in [2.24, 2.45) is 0 Å². The monoisotopic (exact) mass is 342 g/mol. The largest absolute Gasteiger partial charge is 0.443 e. The Morgan fingerprint density at radius 1 is 1.00 bits per heavy atom. The van der Waals surface area contributed by atoms with E-state index in [0.29, 0.717) is 0 Å². The zero-order valence-corrected chi connectivity index (χ0v) is 15.0. The molecule has 0 aliphatic rings. The number of carbonyl (C=O) groups excluding carboxylic acids is 2. The zero-order chi connectivity index (χ0) is 18.0. The molecule has 0 aliphatic carbocycles. The maximum Gasteiger partial charge on any atom is 0.424 e. The van der Waals surface area contributed by atoms with Crippen LogP contribution in [0.5, 0.6) is 0 Å². The molecule has 0 saturated carbocycles. The SMILES string of the molecule is CC(C)(C)OC(=O)N(C(=O)OC(C)(C)C)c1cccc(Cl)c1N. The number of hydrogen-bond acceptors (Lipinski definition) is 5. The molecule has 7 heteroatoms. The lowest BCUT2D eigenvalue weighted by Gasteiger charge is -2.29. The van der Waals surface area contributed by atoms with Crippen molar-refractivity contribution >= 4 is 35.2 Å². The molecule has 0 aliphatic heterocycles. The van der Waals surface area contributed by atoms with E-state index in [2.05, 4.69) is 0 Å². The number of para-hydroxylation sites is 1. The number of hydrogen-bond donors (Lipinski definition) is 1. The van der Waals surface area contributed by atoms with Crippen molar-refractivity contribution in [3.8, 4) is 0 Å². The van der Waals surface area contributed by atoms with Crippen molar-refractivity contribution in [1.29, 1.82) is 0 Å². The topological polar surface area (TPSA) is 81.9 Å². The number of imide groups is 1. The van der Waals surface area contributed by atoms with Gasteiger partial charge in [-0.1, -0.05) is 17.7 Å². The quantitative estimate of drug-likeness (QED) is 0.754. The third-order valence-corrected chi connectivity index (χ3v) is 2.75. The van der Waals surface area contributed by atoms with Crippen LogP contribution in [-0.2, 0) is 9.47 Å². The molecule has 0 radical (unpaired) electrons. The molecule has 0 heterocycles. The summed E-state index contributed by atoms with van der Waals surface area (Å²) in [6.45, 7) is 10.2. The van der Waals surface area contributed by atoms with E-state index in [1.807, 2.05) is 0 Å². The van der Waals surface area contributed by atoms with Gasteiger partial charge in [-0.05, 0) is 53.7 Å². The van der Waals surface area contributed by atoms with E-state index in [1.165, 1.54) is 6.07 Å². The lowest BCUT2D eigenvalue weighted by Crippen LogP contribution is -2.44. The number of nitrogens with two attached hydrogens (primary N) is 1. The van der Waals surface area contributed by atoms with Crippen LogP contribution >= 0.6 is 11.6 Å². The lowest BCUT2D eigenvalue weighted by molar-refractivity contribution is 0.0431. The molecule has 0 atom stereocenters. The number of amides is 2. The predicted molar refractivity (Wildman–Crippen MR) is 90.8 cm³/mol. The van der Waals surface area contributed by atoms with Crippen molar-refractivity contribution < 1.29 is 19.1 Å². The molecule has 0 saturated heterocycles. The summed E-state index contributed by atoms with van der Waals surface area (Å²) in [5.41, 5.74) is 4.52. The zero-order valence-electron chi connectivity index (χ0n) is 14.3. The fourth-order valence-electron chi connectivity index (χ4n) is 1.61. The Morgan fingerprint density at radius 2 is 1.43 bits per heavy atom. The smallest absolute Gasteiger partial charge is 0.424 e. The summed E-state index contributed by atoms with van der Waals surface area (Å²) < 4.78 is 10.5. The van der Waals surface area contributed by atoms with Gasteiger partial charge in [0.25, 0.3) is 0 Å². The van der Waals surface area contributed by atoms with Crippen LogP contribution < -0.4 is 10.6 Å². The Balaban J connectivity index is 3.29. The number of halogens is 1. The van der Waals surface area contributed by atoms with Crippen molar-refractivity contribution in [3.63, 3.8) is 0 Å². The van der Waals surface area contributed by atoms with Gasteiger partial charge in [-0.3, -0.25) is 0 Å². The number of ether oxygens (including phenoxy) is 2. The number of nitrogen functional groups attached to an aromatic ring is 1. The van der Waals surface area contributed by atoms with Crippen molar-refractivity contribution in [1.82, 2.24) is 0 Å². The van der Waals surface area contributed by atoms with Gasteiger partial charge in [-0.25, -0.2) is 9.59 Å². The van der Waals surface area contributed by atoms with Gasteiger partial charge in [0.2, 0.25) is 0 Å². The van der Waals surface area contributed by atoms with Crippen LogP contribution in [0.25, 0.3) is 0 Å². The van der Waals surface area contributed by atoms with Crippen LogP contribution in [0.1, 0.15) is 41.5 Å². The number of benzene rings is 1. The van der Waals surface area contributed by atoms with Gasteiger partial charge < -0.3 is 15.2 Å². The molecule has 128 valence electrons. The normalized spacial score (nSPS) is 11.8. The third kappa shape index (κ3) is 5.63. The van der Waals surface area contributed by atoms with Crippen molar-refractivity contribution in [3.05, 3.63) is 23.2 Å². The van der Waals surface area contributed by atoms with Gasteiger partial charge in [0.1, 0.15) is 11.2 Å². The molecule has 0 spiro atoms. The highest BCUT2D eigenvalue weighted by Crippen LogP contribution is 2.32. The highest BCUT2D eigenvalue weighted by molar-refractivity contribution is 6.34. The Morgan fingerprint density at radius 3 is 1.83 bits per heavy atom. The minimum absolute atomic E-state index is 0.0888. The summed E-state index contributed by atoms with van der Waals surface area (Å²) in [6.07, 6.45) is -1.78. The number of anilines is 2. The first kappa shape index (κ1) is 19.1. The summed E-state index contributed by atoms with van der Waals surface area (Å²) >= 11 is 5.98. The van der Waals surface area contributed by atoms with Crippen LogP contribution in [0.15, 0.2) is 18.2 Å². The Kier molecular flexibility index (Phi) is 5.53. The molecule has 23 heavy (non-hydrogen) atoms. The second-order valence-corrected chi connectivity index (χ2v) is 7.38. The number of rotatable bonds is 1. The lowest BCUT2D eigenvalue weighted by atomic mass is 10.2. The van der Waals surface area contributed by atoms with E-state index >= 15 is 0 Å². The van der Waals surface area contributed by atoms with Gasteiger partial charge in [-0.15, -0.1) is 0 Å². The van der Waals surface area contributed by atoms with Gasteiger partial charge in [0, 0.05) is 0 Å². The fraction of sp³-hybridized carbons (Fsp3) is 0.500. The average Bonchev–Trinajstić information content (AvgIpc) is 2.30. The van der Waals surface area contributed by atoms with Crippen molar-refractivity contribution in [2.75, 3.05) is 10.6 Å². The van der Waals surface area contributed by atoms with Crippen LogP contribution in [-0.4, -0.2) is 23.4 Å². The predicted octanol–water partition coefficient (Wildman–Crippen LogP) is 4.60. The molecule has 1 rings (SSSR count). The molecule has 0 aromatic heterocycles. The molecule has 2 amide bonds.